The molecular formula is C15H22O2. The van der Waals surface area contributed by atoms with E-state index in [1.165, 1.54) is 0 Å². The van der Waals surface area contributed by atoms with Crippen LogP contribution in [0.2, 0.25) is 0 Å². The minimum atomic E-state index is 0.210. The summed E-state index contributed by atoms with van der Waals surface area (Å²) in [6, 6.07) is 9.93. The second-order valence-corrected chi connectivity index (χ2v) is 4.80. The van der Waals surface area contributed by atoms with Gasteiger partial charge in [0.25, 0.3) is 0 Å². The number of ketones is 1. The Morgan fingerprint density at radius 1 is 1.24 bits per heavy atom. The maximum absolute atomic E-state index is 11.5. The largest absolute Gasteiger partial charge is 0.369 e. The van der Waals surface area contributed by atoms with Gasteiger partial charge in [-0.1, -0.05) is 50.6 Å². The molecule has 94 valence electrons. The number of hydrogen-bond donors (Lipinski definition) is 0. The lowest BCUT2D eigenvalue weighted by Crippen LogP contribution is -2.08. The third-order valence-corrected chi connectivity index (χ3v) is 2.61. The fourth-order valence-electron chi connectivity index (χ4n) is 1.64. The lowest BCUT2D eigenvalue weighted by molar-refractivity contribution is -0.124. The van der Waals surface area contributed by atoms with Gasteiger partial charge >= 0.3 is 0 Å². The molecule has 1 aromatic carbocycles. The van der Waals surface area contributed by atoms with Crippen molar-refractivity contribution in [2.24, 2.45) is 5.92 Å². The Labute approximate surface area is 104 Å². The lowest BCUT2D eigenvalue weighted by Gasteiger charge is -2.05. The summed E-state index contributed by atoms with van der Waals surface area (Å²) >= 11 is 0. The molecule has 1 rings (SSSR count). The molecule has 0 unspecified atom stereocenters. The Bertz CT molecular complexity index is 317. The number of hydrogen-bond acceptors (Lipinski definition) is 2. The van der Waals surface area contributed by atoms with E-state index >= 15 is 0 Å². The SMILES string of the molecule is CC(C)CCCC(=O)COCc1ccccc1. The zero-order valence-corrected chi connectivity index (χ0v) is 10.8. The molecule has 0 saturated carbocycles. The molecule has 1 aromatic rings. The van der Waals surface area contributed by atoms with Crippen molar-refractivity contribution in [3.8, 4) is 0 Å². The van der Waals surface area contributed by atoms with Gasteiger partial charge < -0.3 is 4.74 Å². The van der Waals surface area contributed by atoms with Crippen molar-refractivity contribution in [2.75, 3.05) is 6.61 Å². The molecule has 0 saturated heterocycles. The summed E-state index contributed by atoms with van der Waals surface area (Å²) in [5, 5.41) is 0. The van der Waals surface area contributed by atoms with E-state index in [1.807, 2.05) is 30.3 Å². The molecule has 0 spiro atoms. The van der Waals surface area contributed by atoms with E-state index in [0.717, 1.165) is 18.4 Å². The van der Waals surface area contributed by atoms with Crippen molar-refractivity contribution in [1.82, 2.24) is 0 Å². The van der Waals surface area contributed by atoms with Gasteiger partial charge in [0.2, 0.25) is 0 Å². The second kappa shape index (κ2) is 8.02. The smallest absolute Gasteiger partial charge is 0.158 e. The summed E-state index contributed by atoms with van der Waals surface area (Å²) < 4.78 is 5.39. The Morgan fingerprint density at radius 3 is 2.59 bits per heavy atom. The molecule has 0 aliphatic heterocycles. The number of benzene rings is 1. The van der Waals surface area contributed by atoms with Crippen LogP contribution in [0.15, 0.2) is 30.3 Å². The first-order valence-electron chi connectivity index (χ1n) is 6.32. The summed E-state index contributed by atoms with van der Waals surface area (Å²) in [5.41, 5.74) is 1.11. The maximum Gasteiger partial charge on any atom is 0.158 e. The highest BCUT2D eigenvalue weighted by Crippen LogP contribution is 2.07. The Kier molecular flexibility index (Phi) is 6.56. The number of carbonyl (C=O) groups is 1. The summed E-state index contributed by atoms with van der Waals surface area (Å²) in [7, 11) is 0. The Hall–Kier alpha value is -1.15. The monoisotopic (exact) mass is 234 g/mol. The van der Waals surface area contributed by atoms with E-state index in [2.05, 4.69) is 13.8 Å². The molecule has 17 heavy (non-hydrogen) atoms. The fraction of sp³-hybridized carbons (Fsp3) is 0.533. The minimum Gasteiger partial charge on any atom is -0.369 e. The molecule has 0 fully saturated rings. The molecule has 0 amide bonds. The van der Waals surface area contributed by atoms with Gasteiger partial charge in [0.1, 0.15) is 6.61 Å². The van der Waals surface area contributed by atoms with Crippen LogP contribution in [0.1, 0.15) is 38.7 Å². The first kappa shape index (κ1) is 13.9. The fourth-order valence-corrected chi connectivity index (χ4v) is 1.64. The van der Waals surface area contributed by atoms with E-state index in [-0.39, 0.29) is 12.4 Å². The van der Waals surface area contributed by atoms with E-state index in [4.69, 9.17) is 4.74 Å². The molecular weight excluding hydrogens is 212 g/mol. The first-order valence-corrected chi connectivity index (χ1v) is 6.32. The molecule has 0 heterocycles. The van der Waals surface area contributed by atoms with Crippen LogP contribution in [0.25, 0.3) is 0 Å². The molecule has 0 atom stereocenters. The third kappa shape index (κ3) is 6.90. The standard InChI is InChI=1S/C15H22O2/c1-13(2)7-6-10-15(16)12-17-11-14-8-4-3-5-9-14/h3-5,8-9,13H,6-7,10-12H2,1-2H3. The summed E-state index contributed by atoms with van der Waals surface area (Å²) in [5.74, 6) is 0.884. The third-order valence-electron chi connectivity index (χ3n) is 2.61. The van der Waals surface area contributed by atoms with Crippen LogP contribution in [0.4, 0.5) is 0 Å². The van der Waals surface area contributed by atoms with Gasteiger partial charge in [-0.25, -0.2) is 0 Å². The first-order chi connectivity index (χ1) is 8.18. The number of Topliss-reactive ketones (excluding diaryl/α,β-unsaturated/α-hetero) is 1. The molecule has 0 aromatic heterocycles. The molecule has 0 radical (unpaired) electrons. The molecule has 0 aliphatic carbocycles. The topological polar surface area (TPSA) is 26.3 Å². The van der Waals surface area contributed by atoms with Crippen LogP contribution in [0.3, 0.4) is 0 Å². The second-order valence-electron chi connectivity index (χ2n) is 4.80. The summed E-state index contributed by atoms with van der Waals surface area (Å²) in [6.45, 7) is 5.12. The molecule has 0 bridgehead atoms. The van der Waals surface area contributed by atoms with Crippen LogP contribution >= 0.6 is 0 Å². The van der Waals surface area contributed by atoms with Gasteiger partial charge in [-0.2, -0.15) is 0 Å². The Morgan fingerprint density at radius 2 is 1.94 bits per heavy atom. The highest BCUT2D eigenvalue weighted by Gasteiger charge is 2.03. The van der Waals surface area contributed by atoms with E-state index in [1.54, 1.807) is 0 Å². The molecule has 2 nitrogen and oxygen atoms in total. The van der Waals surface area contributed by atoms with Crippen LogP contribution < -0.4 is 0 Å². The summed E-state index contributed by atoms with van der Waals surface area (Å²) in [4.78, 5) is 11.5. The molecule has 0 aliphatic rings. The zero-order chi connectivity index (χ0) is 12.5. The predicted molar refractivity (Wildman–Crippen MR) is 69.8 cm³/mol. The lowest BCUT2D eigenvalue weighted by atomic mass is 10.1. The van der Waals surface area contributed by atoms with E-state index < -0.39 is 0 Å². The highest BCUT2D eigenvalue weighted by molar-refractivity contribution is 5.79. The number of carbonyl (C=O) groups excluding carboxylic acids is 1. The van der Waals surface area contributed by atoms with Gasteiger partial charge in [0, 0.05) is 6.42 Å². The highest BCUT2D eigenvalue weighted by atomic mass is 16.5. The number of rotatable bonds is 8. The quantitative estimate of drug-likeness (QED) is 0.687. The van der Waals surface area contributed by atoms with E-state index in [0.29, 0.717) is 18.9 Å². The van der Waals surface area contributed by atoms with Crippen LogP contribution in [0, 0.1) is 5.92 Å². The zero-order valence-electron chi connectivity index (χ0n) is 10.8. The van der Waals surface area contributed by atoms with Crippen LogP contribution in [-0.4, -0.2) is 12.4 Å². The van der Waals surface area contributed by atoms with E-state index in [9.17, 15) is 4.79 Å². The van der Waals surface area contributed by atoms with Gasteiger partial charge in [-0.05, 0) is 17.9 Å². The number of ether oxygens (including phenoxy) is 1. The van der Waals surface area contributed by atoms with Crippen molar-refractivity contribution >= 4 is 5.78 Å². The minimum absolute atomic E-state index is 0.210. The van der Waals surface area contributed by atoms with Gasteiger partial charge in [-0.15, -0.1) is 0 Å². The average Bonchev–Trinajstić information content (AvgIpc) is 2.30. The van der Waals surface area contributed by atoms with Crippen LogP contribution in [0.5, 0.6) is 0 Å². The van der Waals surface area contributed by atoms with Gasteiger partial charge in [0.05, 0.1) is 6.61 Å². The van der Waals surface area contributed by atoms with Gasteiger partial charge in [-0.3, -0.25) is 4.79 Å². The Balaban J connectivity index is 2.08. The van der Waals surface area contributed by atoms with Gasteiger partial charge in [0.15, 0.2) is 5.78 Å². The predicted octanol–water partition coefficient (Wildman–Crippen LogP) is 3.60. The van der Waals surface area contributed by atoms with Crippen molar-refractivity contribution < 1.29 is 9.53 Å². The van der Waals surface area contributed by atoms with Crippen LogP contribution in [-0.2, 0) is 16.1 Å². The average molecular weight is 234 g/mol. The normalized spacial score (nSPS) is 10.8. The van der Waals surface area contributed by atoms with Crippen molar-refractivity contribution in [2.45, 2.75) is 39.7 Å². The van der Waals surface area contributed by atoms with Crippen molar-refractivity contribution in [3.05, 3.63) is 35.9 Å². The van der Waals surface area contributed by atoms with Crippen molar-refractivity contribution in [3.63, 3.8) is 0 Å². The summed E-state index contributed by atoms with van der Waals surface area (Å²) in [6.07, 6.45) is 2.74. The molecule has 2 heteroatoms. The maximum atomic E-state index is 11.5. The van der Waals surface area contributed by atoms with Crippen molar-refractivity contribution in [1.29, 1.82) is 0 Å². The molecule has 0 N–H and O–H groups in total.